The van der Waals surface area contributed by atoms with Crippen molar-refractivity contribution >= 4 is 21.6 Å². The Morgan fingerprint density at radius 2 is 1.59 bits per heavy atom. The van der Waals surface area contributed by atoms with Crippen LogP contribution in [0.1, 0.15) is 32.6 Å². The summed E-state index contributed by atoms with van der Waals surface area (Å²) in [5.41, 5.74) is 0.376. The molecular formula is C22H28N2O4S. The normalized spacial score (nSPS) is 14.9. The molecule has 0 N–H and O–H groups in total. The van der Waals surface area contributed by atoms with Crippen LogP contribution in [0, 0.1) is 0 Å². The summed E-state index contributed by atoms with van der Waals surface area (Å²) in [4.78, 5) is 15.0. The molecule has 0 unspecified atom stereocenters. The quantitative estimate of drug-likeness (QED) is 0.691. The van der Waals surface area contributed by atoms with Crippen molar-refractivity contribution in [3.8, 4) is 5.75 Å². The van der Waals surface area contributed by atoms with E-state index in [0.717, 1.165) is 25.7 Å². The van der Waals surface area contributed by atoms with Crippen LogP contribution in [0.5, 0.6) is 5.75 Å². The van der Waals surface area contributed by atoms with Crippen LogP contribution in [0.15, 0.2) is 59.5 Å². The number of likely N-dealkylation sites (tertiary alicyclic amines) is 1. The van der Waals surface area contributed by atoms with Crippen LogP contribution < -0.4 is 9.04 Å². The highest BCUT2D eigenvalue weighted by atomic mass is 32.2. The molecule has 2 aromatic rings. The molecule has 1 amide bonds. The summed E-state index contributed by atoms with van der Waals surface area (Å²) in [6, 6.07) is 15.2. The Kier molecular flexibility index (Phi) is 7.14. The summed E-state index contributed by atoms with van der Waals surface area (Å²) in [6.07, 6.45) is 4.10. The molecule has 0 bridgehead atoms. The highest BCUT2D eigenvalue weighted by molar-refractivity contribution is 7.92. The first-order valence-electron chi connectivity index (χ1n) is 10.1. The molecule has 3 rings (SSSR count). The summed E-state index contributed by atoms with van der Waals surface area (Å²) in [5.74, 6) is 0.260. The molecule has 1 saturated heterocycles. The van der Waals surface area contributed by atoms with Gasteiger partial charge in [-0.15, -0.1) is 0 Å². The van der Waals surface area contributed by atoms with Crippen molar-refractivity contribution in [3.63, 3.8) is 0 Å². The fourth-order valence-electron chi connectivity index (χ4n) is 3.50. The van der Waals surface area contributed by atoms with Gasteiger partial charge in [0.1, 0.15) is 12.3 Å². The van der Waals surface area contributed by atoms with Gasteiger partial charge in [0.15, 0.2) is 0 Å². The minimum absolute atomic E-state index is 0.148. The number of benzene rings is 2. The maximum atomic E-state index is 13.5. The molecule has 29 heavy (non-hydrogen) atoms. The standard InChI is InChI=1S/C22H28N2O4S/c1-2-28-21-15-9-8-14-20(21)24(29(26,27)19-12-6-5-7-13-19)18-22(25)23-16-10-3-4-11-17-23/h5-9,12-15H,2-4,10-11,16-18H2,1H3. The SMILES string of the molecule is CCOc1ccccc1N(CC(=O)N1CCCCCC1)S(=O)(=O)c1ccccc1. The van der Waals surface area contributed by atoms with E-state index in [1.165, 1.54) is 4.31 Å². The molecule has 0 spiro atoms. The predicted molar refractivity (Wildman–Crippen MR) is 114 cm³/mol. The van der Waals surface area contributed by atoms with Gasteiger partial charge in [-0.25, -0.2) is 8.42 Å². The maximum Gasteiger partial charge on any atom is 0.264 e. The van der Waals surface area contributed by atoms with Crippen LogP contribution in [-0.2, 0) is 14.8 Å². The second-order valence-electron chi connectivity index (χ2n) is 7.02. The van der Waals surface area contributed by atoms with E-state index in [0.29, 0.717) is 31.1 Å². The molecular weight excluding hydrogens is 388 g/mol. The van der Waals surface area contributed by atoms with Crippen LogP contribution >= 0.6 is 0 Å². The molecule has 0 aromatic heterocycles. The minimum atomic E-state index is -3.93. The molecule has 2 aromatic carbocycles. The Morgan fingerprint density at radius 3 is 2.24 bits per heavy atom. The number of nitrogens with zero attached hydrogens (tertiary/aromatic N) is 2. The van der Waals surface area contributed by atoms with Crippen molar-refractivity contribution in [2.75, 3.05) is 30.5 Å². The van der Waals surface area contributed by atoms with Crippen LogP contribution in [0.2, 0.25) is 0 Å². The summed E-state index contributed by atoms with van der Waals surface area (Å²) in [7, 11) is -3.93. The van der Waals surface area contributed by atoms with Gasteiger partial charge in [-0.05, 0) is 44.0 Å². The van der Waals surface area contributed by atoms with Crippen LogP contribution in [0.3, 0.4) is 0 Å². The molecule has 1 aliphatic rings. The molecule has 7 heteroatoms. The summed E-state index contributed by atoms with van der Waals surface area (Å²) in [5, 5.41) is 0. The van der Waals surface area contributed by atoms with Gasteiger partial charge in [-0.3, -0.25) is 9.10 Å². The van der Waals surface area contributed by atoms with E-state index >= 15 is 0 Å². The van der Waals surface area contributed by atoms with Crippen molar-refractivity contribution in [2.24, 2.45) is 0 Å². The van der Waals surface area contributed by atoms with Crippen molar-refractivity contribution in [2.45, 2.75) is 37.5 Å². The molecule has 0 saturated carbocycles. The second kappa shape index (κ2) is 9.78. The molecule has 1 heterocycles. The van der Waals surface area contributed by atoms with Gasteiger partial charge >= 0.3 is 0 Å². The van der Waals surface area contributed by atoms with Crippen molar-refractivity contribution in [1.82, 2.24) is 4.90 Å². The Hall–Kier alpha value is -2.54. The van der Waals surface area contributed by atoms with E-state index in [9.17, 15) is 13.2 Å². The van der Waals surface area contributed by atoms with Gasteiger partial charge in [0, 0.05) is 13.1 Å². The first-order chi connectivity index (χ1) is 14.0. The van der Waals surface area contributed by atoms with Gasteiger partial charge in [0.05, 0.1) is 17.2 Å². The zero-order chi connectivity index (χ0) is 20.7. The number of anilines is 1. The Bertz CT molecular complexity index is 907. The molecule has 0 radical (unpaired) electrons. The lowest BCUT2D eigenvalue weighted by atomic mass is 10.2. The average Bonchev–Trinajstić information content (AvgIpc) is 3.03. The third-order valence-electron chi connectivity index (χ3n) is 5.00. The fourth-order valence-corrected chi connectivity index (χ4v) is 4.95. The number of rotatable bonds is 7. The van der Waals surface area contributed by atoms with Crippen LogP contribution in [0.25, 0.3) is 0 Å². The van der Waals surface area contributed by atoms with E-state index in [-0.39, 0.29) is 17.3 Å². The number of ether oxygens (including phenoxy) is 1. The predicted octanol–water partition coefficient (Wildman–Crippen LogP) is 3.68. The molecule has 156 valence electrons. The number of hydrogen-bond acceptors (Lipinski definition) is 4. The summed E-state index contributed by atoms with van der Waals surface area (Å²) in [6.45, 7) is 3.34. The number of carbonyl (C=O) groups is 1. The van der Waals surface area contributed by atoms with Gasteiger partial charge < -0.3 is 9.64 Å². The van der Waals surface area contributed by atoms with E-state index in [1.807, 2.05) is 6.92 Å². The topological polar surface area (TPSA) is 66.9 Å². The second-order valence-corrected chi connectivity index (χ2v) is 8.88. The zero-order valence-corrected chi connectivity index (χ0v) is 17.6. The Labute approximate surface area is 173 Å². The first-order valence-corrected chi connectivity index (χ1v) is 11.6. The number of carbonyl (C=O) groups excluding carboxylic acids is 1. The summed E-state index contributed by atoms with van der Waals surface area (Å²) < 4.78 is 33.8. The van der Waals surface area contributed by atoms with Gasteiger partial charge in [0.2, 0.25) is 5.91 Å². The van der Waals surface area contributed by atoms with Crippen LogP contribution in [-0.4, -0.2) is 45.5 Å². The lowest BCUT2D eigenvalue weighted by Gasteiger charge is -2.29. The fraction of sp³-hybridized carbons (Fsp3) is 0.409. The average molecular weight is 417 g/mol. The zero-order valence-electron chi connectivity index (χ0n) is 16.8. The number of sulfonamides is 1. The highest BCUT2D eigenvalue weighted by Crippen LogP contribution is 2.32. The monoisotopic (exact) mass is 416 g/mol. The van der Waals surface area contributed by atoms with E-state index in [2.05, 4.69) is 0 Å². The minimum Gasteiger partial charge on any atom is -0.492 e. The highest BCUT2D eigenvalue weighted by Gasteiger charge is 2.31. The van der Waals surface area contributed by atoms with Crippen molar-refractivity contribution in [1.29, 1.82) is 0 Å². The van der Waals surface area contributed by atoms with Gasteiger partial charge in [-0.1, -0.05) is 43.2 Å². The third kappa shape index (κ3) is 5.09. The largest absolute Gasteiger partial charge is 0.492 e. The summed E-state index contributed by atoms with van der Waals surface area (Å²) >= 11 is 0. The maximum absolute atomic E-state index is 13.5. The molecule has 6 nitrogen and oxygen atoms in total. The Balaban J connectivity index is 1.99. The molecule has 1 aliphatic heterocycles. The Morgan fingerprint density at radius 1 is 0.966 bits per heavy atom. The lowest BCUT2D eigenvalue weighted by molar-refractivity contribution is -0.129. The van der Waals surface area contributed by atoms with Crippen molar-refractivity contribution in [3.05, 3.63) is 54.6 Å². The molecule has 1 fully saturated rings. The first kappa shape index (κ1) is 21.2. The molecule has 0 atom stereocenters. The third-order valence-corrected chi connectivity index (χ3v) is 6.78. The van der Waals surface area contributed by atoms with Gasteiger partial charge in [0.25, 0.3) is 10.0 Å². The molecule has 0 aliphatic carbocycles. The van der Waals surface area contributed by atoms with Crippen molar-refractivity contribution < 1.29 is 17.9 Å². The number of para-hydroxylation sites is 2. The van der Waals surface area contributed by atoms with Gasteiger partial charge in [-0.2, -0.15) is 0 Å². The van der Waals surface area contributed by atoms with E-state index in [4.69, 9.17) is 4.74 Å². The van der Waals surface area contributed by atoms with E-state index < -0.39 is 10.0 Å². The number of hydrogen-bond donors (Lipinski definition) is 0. The smallest absolute Gasteiger partial charge is 0.264 e. The van der Waals surface area contributed by atoms with E-state index in [1.54, 1.807) is 59.5 Å². The number of amides is 1. The van der Waals surface area contributed by atoms with Crippen LogP contribution in [0.4, 0.5) is 5.69 Å². The lowest BCUT2D eigenvalue weighted by Crippen LogP contribution is -2.43.